The minimum absolute atomic E-state index is 0.0220. The Kier molecular flexibility index (Phi) is 7.34. The predicted octanol–water partition coefficient (Wildman–Crippen LogP) is 3.44. The smallest absolute Gasteiger partial charge is 0.342 e. The lowest BCUT2D eigenvalue weighted by molar-refractivity contribution is -0.139. The molecule has 0 atom stereocenters. The first-order valence-corrected chi connectivity index (χ1v) is 9.84. The minimum atomic E-state index is -1.20. The van der Waals surface area contributed by atoms with Gasteiger partial charge in [0.1, 0.15) is 22.2 Å². The van der Waals surface area contributed by atoms with Gasteiger partial charge in [0.2, 0.25) is 5.89 Å². The molecule has 3 aromatic rings. The number of rotatable bonds is 10. The summed E-state index contributed by atoms with van der Waals surface area (Å²) in [6.07, 6.45) is 1.39. The summed E-state index contributed by atoms with van der Waals surface area (Å²) in [5.41, 5.74) is 1.04. The topological polar surface area (TPSA) is 141 Å². The molecule has 0 saturated heterocycles. The van der Waals surface area contributed by atoms with Crippen molar-refractivity contribution in [3.8, 4) is 28.7 Å². The molecular weight excluding hydrogens is 440 g/mol. The van der Waals surface area contributed by atoms with Gasteiger partial charge in [-0.05, 0) is 47.7 Å². The summed E-state index contributed by atoms with van der Waals surface area (Å²) in [4.78, 5) is 22.3. The van der Waals surface area contributed by atoms with Crippen molar-refractivity contribution in [1.82, 2.24) is 10.2 Å². The van der Waals surface area contributed by atoms with E-state index in [9.17, 15) is 14.7 Å². The number of aliphatic carboxylic acids is 2. The number of carboxylic acid groups (broad SMARTS) is 2. The monoisotopic (exact) mass is 458 g/mol. The second-order valence-corrected chi connectivity index (χ2v) is 7.14. The number of benzene rings is 2. The molecule has 0 aliphatic rings. The Morgan fingerprint density at radius 3 is 2.38 bits per heavy atom. The van der Waals surface area contributed by atoms with Crippen LogP contribution in [0.5, 0.6) is 17.2 Å². The van der Waals surface area contributed by atoms with Gasteiger partial charge in [0.05, 0.1) is 14.2 Å². The Hall–Kier alpha value is -3.99. The summed E-state index contributed by atoms with van der Waals surface area (Å²) < 4.78 is 21.2. The van der Waals surface area contributed by atoms with E-state index in [0.717, 1.165) is 11.8 Å². The standard InChI is InChI=1S/C21H18N2O8S/c1-28-15-8-13(9-16(10-15)29-2)19-22-23-21(31-19)32-17(20(26)27)7-12-4-3-5-14(6-12)30-11-18(24)25/h3-10H,11H2,1-2H3,(H,24,25)(H,26,27)/b17-7-. The fraction of sp³-hybridized carbons (Fsp3) is 0.143. The third kappa shape index (κ3) is 6.01. The number of thioether (sulfide) groups is 1. The average Bonchev–Trinajstić information content (AvgIpc) is 3.25. The molecule has 3 rings (SSSR count). The van der Waals surface area contributed by atoms with Crippen LogP contribution in [0.3, 0.4) is 0 Å². The highest BCUT2D eigenvalue weighted by Crippen LogP contribution is 2.33. The van der Waals surface area contributed by atoms with E-state index >= 15 is 0 Å². The number of hydrogen-bond donors (Lipinski definition) is 2. The normalized spacial score (nSPS) is 11.1. The van der Waals surface area contributed by atoms with Crippen LogP contribution in [0.15, 0.2) is 57.0 Å². The Morgan fingerprint density at radius 1 is 1.03 bits per heavy atom. The van der Waals surface area contributed by atoms with Crippen molar-refractivity contribution < 1.29 is 38.4 Å². The van der Waals surface area contributed by atoms with Gasteiger partial charge in [0.25, 0.3) is 5.22 Å². The quantitative estimate of drug-likeness (QED) is 0.341. The molecule has 0 fully saturated rings. The number of aromatic nitrogens is 2. The van der Waals surface area contributed by atoms with E-state index in [4.69, 9.17) is 23.7 Å². The van der Waals surface area contributed by atoms with Gasteiger partial charge in [-0.3, -0.25) is 0 Å². The van der Waals surface area contributed by atoms with E-state index in [-0.39, 0.29) is 16.0 Å². The van der Waals surface area contributed by atoms with Gasteiger partial charge in [-0.25, -0.2) is 9.59 Å². The molecule has 0 unspecified atom stereocenters. The van der Waals surface area contributed by atoms with Gasteiger partial charge in [0.15, 0.2) is 6.61 Å². The van der Waals surface area contributed by atoms with Crippen molar-refractivity contribution in [3.05, 3.63) is 52.9 Å². The molecule has 2 aromatic carbocycles. The maximum atomic E-state index is 11.7. The highest BCUT2D eigenvalue weighted by molar-refractivity contribution is 8.03. The molecule has 0 aliphatic carbocycles. The third-order valence-corrected chi connectivity index (χ3v) is 4.78. The maximum Gasteiger partial charge on any atom is 0.342 e. The van der Waals surface area contributed by atoms with Crippen LogP contribution >= 0.6 is 11.8 Å². The molecule has 0 saturated carbocycles. The maximum absolute atomic E-state index is 11.7. The van der Waals surface area contributed by atoms with Crippen molar-refractivity contribution >= 4 is 29.8 Å². The van der Waals surface area contributed by atoms with Crippen LogP contribution in [0, 0.1) is 0 Å². The Bertz CT molecular complexity index is 1140. The van der Waals surface area contributed by atoms with Gasteiger partial charge < -0.3 is 28.8 Å². The van der Waals surface area contributed by atoms with Crippen LogP contribution in [-0.4, -0.2) is 53.2 Å². The number of nitrogens with zero attached hydrogens (tertiary/aromatic N) is 2. The van der Waals surface area contributed by atoms with E-state index < -0.39 is 18.5 Å². The summed E-state index contributed by atoms with van der Waals surface area (Å²) in [5, 5.41) is 26.2. The van der Waals surface area contributed by atoms with Crippen LogP contribution in [0.25, 0.3) is 17.5 Å². The molecule has 11 heteroatoms. The summed E-state index contributed by atoms with van der Waals surface area (Å²) in [6.45, 7) is -0.506. The van der Waals surface area contributed by atoms with Crippen molar-refractivity contribution in [2.45, 2.75) is 5.22 Å². The summed E-state index contributed by atoms with van der Waals surface area (Å²) in [5.74, 6) is -0.796. The summed E-state index contributed by atoms with van der Waals surface area (Å²) in [6, 6.07) is 11.4. The van der Waals surface area contributed by atoms with Gasteiger partial charge >= 0.3 is 11.9 Å². The first kappa shape index (κ1) is 22.7. The van der Waals surface area contributed by atoms with Crippen LogP contribution in [0.4, 0.5) is 0 Å². The number of ether oxygens (including phenoxy) is 3. The van der Waals surface area contributed by atoms with E-state index in [0.29, 0.717) is 28.4 Å². The number of carbonyl (C=O) groups is 2. The molecule has 0 spiro atoms. The molecule has 32 heavy (non-hydrogen) atoms. The van der Waals surface area contributed by atoms with Crippen molar-refractivity contribution in [2.24, 2.45) is 0 Å². The zero-order valence-corrected chi connectivity index (χ0v) is 17.8. The number of methoxy groups -OCH3 is 2. The van der Waals surface area contributed by atoms with E-state index in [1.807, 2.05) is 0 Å². The van der Waals surface area contributed by atoms with Crippen molar-refractivity contribution in [3.63, 3.8) is 0 Å². The lowest BCUT2D eigenvalue weighted by Crippen LogP contribution is -2.09. The van der Waals surface area contributed by atoms with Crippen LogP contribution in [-0.2, 0) is 9.59 Å². The van der Waals surface area contributed by atoms with Crippen LogP contribution in [0.1, 0.15) is 5.56 Å². The SMILES string of the molecule is COc1cc(OC)cc(-c2nnc(S/C(=C\c3cccc(OCC(=O)O)c3)C(=O)O)o2)c1. The average molecular weight is 458 g/mol. The predicted molar refractivity (Wildman–Crippen MR) is 114 cm³/mol. The van der Waals surface area contributed by atoms with Gasteiger partial charge in [0, 0.05) is 11.6 Å². The third-order valence-electron chi connectivity index (χ3n) is 3.93. The van der Waals surface area contributed by atoms with E-state index in [1.165, 1.54) is 26.4 Å². The van der Waals surface area contributed by atoms with Gasteiger partial charge in [-0.15, -0.1) is 10.2 Å². The molecular formula is C21H18N2O8S. The van der Waals surface area contributed by atoms with Crippen LogP contribution in [0.2, 0.25) is 0 Å². The zero-order valence-electron chi connectivity index (χ0n) is 17.0. The highest BCUT2D eigenvalue weighted by atomic mass is 32.2. The summed E-state index contributed by atoms with van der Waals surface area (Å²) >= 11 is 0.775. The van der Waals surface area contributed by atoms with Gasteiger partial charge in [-0.1, -0.05) is 12.1 Å². The molecule has 10 nitrogen and oxygen atoms in total. The molecule has 0 bridgehead atoms. The fourth-order valence-corrected chi connectivity index (χ4v) is 3.19. The van der Waals surface area contributed by atoms with Crippen LogP contribution < -0.4 is 14.2 Å². The molecule has 1 heterocycles. The number of carboxylic acids is 2. The minimum Gasteiger partial charge on any atom is -0.497 e. The Morgan fingerprint density at radius 2 is 1.75 bits per heavy atom. The number of hydrogen-bond acceptors (Lipinski definition) is 9. The molecule has 1 aromatic heterocycles. The summed E-state index contributed by atoms with van der Waals surface area (Å²) in [7, 11) is 3.03. The largest absolute Gasteiger partial charge is 0.497 e. The lowest BCUT2D eigenvalue weighted by Gasteiger charge is -2.05. The first-order chi connectivity index (χ1) is 15.4. The van der Waals surface area contributed by atoms with Gasteiger partial charge in [-0.2, -0.15) is 0 Å². The first-order valence-electron chi connectivity index (χ1n) is 9.02. The van der Waals surface area contributed by atoms with Crippen molar-refractivity contribution in [1.29, 1.82) is 0 Å². The second kappa shape index (κ2) is 10.4. The van der Waals surface area contributed by atoms with Crippen molar-refractivity contribution in [2.75, 3.05) is 20.8 Å². The second-order valence-electron chi connectivity index (χ2n) is 6.15. The molecule has 166 valence electrons. The van der Waals surface area contributed by atoms with E-state index in [2.05, 4.69) is 10.2 Å². The zero-order chi connectivity index (χ0) is 23.1. The van der Waals surface area contributed by atoms with E-state index in [1.54, 1.807) is 36.4 Å². The highest BCUT2D eigenvalue weighted by Gasteiger charge is 2.17. The lowest BCUT2D eigenvalue weighted by atomic mass is 10.2. The molecule has 0 radical (unpaired) electrons. The fourth-order valence-electron chi connectivity index (χ4n) is 2.52. The molecule has 0 amide bonds. The molecule has 2 N–H and O–H groups in total. The Balaban J connectivity index is 1.82. The Labute approximate surface area is 186 Å². The molecule has 0 aliphatic heterocycles.